The molecule has 1 aromatic heterocycles. The minimum absolute atomic E-state index is 0.0685. The second-order valence-electron chi connectivity index (χ2n) is 6.47. The molecule has 0 amide bonds. The zero-order valence-electron chi connectivity index (χ0n) is 12.6. The predicted octanol–water partition coefficient (Wildman–Crippen LogP) is 2.84. The van der Waals surface area contributed by atoms with Crippen LogP contribution in [0.1, 0.15) is 44.6 Å². The molecular formula is C16H28N2O. The molecule has 1 fully saturated rings. The molecule has 108 valence electrons. The van der Waals surface area contributed by atoms with Crippen molar-refractivity contribution >= 4 is 0 Å². The molecule has 1 saturated heterocycles. The van der Waals surface area contributed by atoms with Crippen molar-refractivity contribution in [1.82, 2.24) is 10.6 Å². The minimum atomic E-state index is 0.0685. The van der Waals surface area contributed by atoms with Crippen LogP contribution in [0.3, 0.4) is 0 Å². The van der Waals surface area contributed by atoms with E-state index in [9.17, 15) is 0 Å². The lowest BCUT2D eigenvalue weighted by Crippen LogP contribution is -2.36. The monoisotopic (exact) mass is 264 g/mol. The molecule has 0 radical (unpaired) electrons. The summed E-state index contributed by atoms with van der Waals surface area (Å²) in [6, 6.07) is 4.15. The number of aryl methyl sites for hydroxylation is 1. The van der Waals surface area contributed by atoms with Crippen LogP contribution < -0.4 is 10.6 Å². The lowest BCUT2D eigenvalue weighted by Gasteiger charge is -2.25. The van der Waals surface area contributed by atoms with Gasteiger partial charge in [-0.2, -0.15) is 0 Å². The Hall–Kier alpha value is -0.800. The number of hydrogen-bond acceptors (Lipinski definition) is 3. The fourth-order valence-corrected chi connectivity index (χ4v) is 2.76. The average Bonchev–Trinajstić information content (AvgIpc) is 2.84. The zero-order chi connectivity index (χ0) is 13.7. The van der Waals surface area contributed by atoms with E-state index in [1.54, 1.807) is 0 Å². The Morgan fingerprint density at radius 3 is 2.89 bits per heavy atom. The number of rotatable bonds is 6. The van der Waals surface area contributed by atoms with Gasteiger partial charge >= 0.3 is 0 Å². The Balaban J connectivity index is 1.69. The van der Waals surface area contributed by atoms with Crippen LogP contribution >= 0.6 is 0 Å². The van der Waals surface area contributed by atoms with Crippen molar-refractivity contribution in [3.63, 3.8) is 0 Å². The summed E-state index contributed by atoms with van der Waals surface area (Å²) in [4.78, 5) is 0. The molecule has 1 atom stereocenters. The Kier molecular flexibility index (Phi) is 5.06. The quantitative estimate of drug-likeness (QED) is 0.776. The van der Waals surface area contributed by atoms with E-state index in [1.165, 1.54) is 32.4 Å². The van der Waals surface area contributed by atoms with Crippen molar-refractivity contribution in [2.45, 2.75) is 45.4 Å². The number of nitrogens with one attached hydrogen (secondary N) is 2. The summed E-state index contributed by atoms with van der Waals surface area (Å²) in [5.41, 5.74) is 0.0685. The maximum Gasteiger partial charge on any atom is 0.111 e. The highest BCUT2D eigenvalue weighted by Gasteiger charge is 2.23. The van der Waals surface area contributed by atoms with Crippen LogP contribution in [0.5, 0.6) is 0 Å². The molecule has 3 nitrogen and oxygen atoms in total. The van der Waals surface area contributed by atoms with Gasteiger partial charge in [-0.25, -0.2) is 0 Å². The molecule has 0 spiro atoms. The van der Waals surface area contributed by atoms with Gasteiger partial charge in [0.25, 0.3) is 0 Å². The molecule has 0 bridgehead atoms. The maximum absolute atomic E-state index is 5.75. The number of hydrogen-bond donors (Lipinski definition) is 2. The highest BCUT2D eigenvalue weighted by atomic mass is 16.3. The molecule has 19 heavy (non-hydrogen) atoms. The van der Waals surface area contributed by atoms with E-state index in [2.05, 4.69) is 30.5 Å². The van der Waals surface area contributed by atoms with E-state index in [1.807, 2.05) is 13.0 Å². The average molecular weight is 264 g/mol. The second kappa shape index (κ2) is 6.58. The smallest absolute Gasteiger partial charge is 0.111 e. The summed E-state index contributed by atoms with van der Waals surface area (Å²) >= 11 is 0. The van der Waals surface area contributed by atoms with Gasteiger partial charge in [0.1, 0.15) is 11.5 Å². The van der Waals surface area contributed by atoms with E-state index in [4.69, 9.17) is 4.42 Å². The Morgan fingerprint density at radius 2 is 2.26 bits per heavy atom. The van der Waals surface area contributed by atoms with Crippen molar-refractivity contribution in [1.29, 1.82) is 0 Å². The van der Waals surface area contributed by atoms with E-state index < -0.39 is 0 Å². The highest BCUT2D eigenvalue weighted by molar-refractivity contribution is 5.15. The Labute approximate surface area is 117 Å². The predicted molar refractivity (Wildman–Crippen MR) is 79.6 cm³/mol. The van der Waals surface area contributed by atoms with Crippen molar-refractivity contribution in [2.24, 2.45) is 5.92 Å². The number of furan rings is 1. The molecule has 2 N–H and O–H groups in total. The summed E-state index contributed by atoms with van der Waals surface area (Å²) in [5.74, 6) is 2.93. The van der Waals surface area contributed by atoms with Gasteiger partial charge in [0.05, 0.1) is 0 Å². The van der Waals surface area contributed by atoms with Gasteiger partial charge in [-0.05, 0) is 63.9 Å². The summed E-state index contributed by atoms with van der Waals surface area (Å²) < 4.78 is 5.75. The third-order valence-corrected chi connectivity index (χ3v) is 4.10. The molecule has 0 saturated carbocycles. The summed E-state index contributed by atoms with van der Waals surface area (Å²) in [5, 5.41) is 7.07. The van der Waals surface area contributed by atoms with Gasteiger partial charge in [0.2, 0.25) is 0 Å². The summed E-state index contributed by atoms with van der Waals surface area (Å²) in [7, 11) is 0. The van der Waals surface area contributed by atoms with Gasteiger partial charge in [0, 0.05) is 12.0 Å². The normalized spacial score (nSPS) is 20.7. The van der Waals surface area contributed by atoms with E-state index >= 15 is 0 Å². The molecule has 0 aliphatic carbocycles. The lowest BCUT2D eigenvalue weighted by molar-refractivity contribution is 0.329. The minimum Gasteiger partial charge on any atom is -0.466 e. The second-order valence-corrected chi connectivity index (χ2v) is 6.47. The van der Waals surface area contributed by atoms with Crippen molar-refractivity contribution < 1.29 is 4.42 Å². The van der Waals surface area contributed by atoms with Gasteiger partial charge < -0.3 is 15.1 Å². The first-order valence-electron chi connectivity index (χ1n) is 7.56. The highest BCUT2D eigenvalue weighted by Crippen LogP contribution is 2.24. The van der Waals surface area contributed by atoms with Crippen LogP contribution in [0.25, 0.3) is 0 Å². The first-order valence-corrected chi connectivity index (χ1v) is 7.56. The van der Waals surface area contributed by atoms with Crippen molar-refractivity contribution in [2.75, 3.05) is 26.2 Å². The molecular weight excluding hydrogens is 236 g/mol. The summed E-state index contributed by atoms with van der Waals surface area (Å²) in [6.45, 7) is 11.0. The molecule has 1 aromatic rings. The summed E-state index contributed by atoms with van der Waals surface area (Å²) in [6.07, 6.45) is 4.00. The molecule has 1 unspecified atom stereocenters. The molecule has 0 aromatic carbocycles. The number of piperidine rings is 1. The van der Waals surface area contributed by atoms with Gasteiger partial charge in [-0.3, -0.25) is 0 Å². The van der Waals surface area contributed by atoms with E-state index in [-0.39, 0.29) is 5.41 Å². The van der Waals surface area contributed by atoms with Crippen LogP contribution in [0.15, 0.2) is 16.5 Å². The van der Waals surface area contributed by atoms with Crippen molar-refractivity contribution in [3.05, 3.63) is 23.7 Å². The Morgan fingerprint density at radius 1 is 1.42 bits per heavy atom. The SMILES string of the molecule is Cc1ccc(C(C)(C)CNCCC2CCCNC2)o1. The molecule has 1 aliphatic heterocycles. The lowest BCUT2D eigenvalue weighted by atomic mass is 9.90. The Bertz CT molecular complexity index is 378. The molecule has 2 heterocycles. The maximum atomic E-state index is 5.75. The molecule has 1 aliphatic rings. The third kappa shape index (κ3) is 4.36. The van der Waals surface area contributed by atoms with Gasteiger partial charge in [0.15, 0.2) is 0 Å². The standard InChI is InChI=1S/C16H28N2O/c1-13-6-7-15(19-13)16(2,3)12-18-10-8-14-5-4-9-17-11-14/h6-7,14,17-18H,4-5,8-12H2,1-3H3. The van der Waals surface area contributed by atoms with Gasteiger partial charge in [-0.1, -0.05) is 13.8 Å². The van der Waals surface area contributed by atoms with Crippen molar-refractivity contribution in [3.8, 4) is 0 Å². The van der Waals surface area contributed by atoms with Crippen LogP contribution in [-0.2, 0) is 5.41 Å². The van der Waals surface area contributed by atoms with E-state index in [0.29, 0.717) is 0 Å². The zero-order valence-corrected chi connectivity index (χ0v) is 12.6. The van der Waals surface area contributed by atoms with Crippen LogP contribution in [0.4, 0.5) is 0 Å². The fourth-order valence-electron chi connectivity index (χ4n) is 2.76. The first-order chi connectivity index (χ1) is 9.08. The van der Waals surface area contributed by atoms with Crippen LogP contribution in [0, 0.1) is 12.8 Å². The topological polar surface area (TPSA) is 37.2 Å². The van der Waals surface area contributed by atoms with Crippen LogP contribution in [0.2, 0.25) is 0 Å². The third-order valence-electron chi connectivity index (χ3n) is 4.10. The van der Waals surface area contributed by atoms with E-state index in [0.717, 1.165) is 30.5 Å². The fraction of sp³-hybridized carbons (Fsp3) is 0.750. The first kappa shape index (κ1) is 14.6. The van der Waals surface area contributed by atoms with Crippen LogP contribution in [-0.4, -0.2) is 26.2 Å². The van der Waals surface area contributed by atoms with Gasteiger partial charge in [-0.15, -0.1) is 0 Å². The largest absolute Gasteiger partial charge is 0.466 e. The molecule has 3 heteroatoms. The molecule has 2 rings (SSSR count).